The van der Waals surface area contributed by atoms with E-state index in [9.17, 15) is 4.79 Å². The van der Waals surface area contributed by atoms with E-state index >= 15 is 0 Å². The van der Waals surface area contributed by atoms with Gasteiger partial charge in [-0.1, -0.05) is 12.8 Å². The predicted molar refractivity (Wildman–Crippen MR) is 82.0 cm³/mol. The van der Waals surface area contributed by atoms with Crippen LogP contribution in [0, 0.1) is 5.92 Å². The molecule has 3 heterocycles. The summed E-state index contributed by atoms with van der Waals surface area (Å²) in [5.41, 5.74) is 0.446. The molecule has 0 atom stereocenters. The van der Waals surface area contributed by atoms with Crippen LogP contribution in [0.2, 0.25) is 0 Å². The Morgan fingerprint density at radius 1 is 1.09 bits per heavy atom. The predicted octanol–water partition coefficient (Wildman–Crippen LogP) is 1.98. The van der Waals surface area contributed by atoms with Crippen LogP contribution in [-0.4, -0.2) is 32.4 Å². The number of ether oxygens (including phenoxy) is 1. The number of nitrogens with zero attached hydrogens (tertiary/aromatic N) is 4. The fourth-order valence-electron chi connectivity index (χ4n) is 3.79. The second kappa shape index (κ2) is 5.83. The van der Waals surface area contributed by atoms with E-state index in [1.54, 1.807) is 0 Å². The monoisotopic (exact) mass is 302 g/mol. The number of hydrogen-bond donors (Lipinski definition) is 0. The van der Waals surface area contributed by atoms with Crippen LogP contribution in [0.4, 0.5) is 0 Å². The van der Waals surface area contributed by atoms with Crippen LogP contribution in [0.15, 0.2) is 17.2 Å². The Kier molecular flexibility index (Phi) is 3.70. The normalized spacial score (nSPS) is 20.9. The van der Waals surface area contributed by atoms with Crippen LogP contribution >= 0.6 is 0 Å². The molecule has 118 valence electrons. The Hall–Kier alpha value is -1.69. The third-order valence-corrected chi connectivity index (χ3v) is 5.09. The summed E-state index contributed by atoms with van der Waals surface area (Å²) >= 11 is 0. The molecule has 0 radical (unpaired) electrons. The van der Waals surface area contributed by atoms with E-state index in [2.05, 4.69) is 10.2 Å². The molecule has 22 heavy (non-hydrogen) atoms. The summed E-state index contributed by atoms with van der Waals surface area (Å²) in [6.07, 6.45) is 10.8. The van der Waals surface area contributed by atoms with Crippen molar-refractivity contribution < 1.29 is 4.74 Å². The highest BCUT2D eigenvalue weighted by atomic mass is 16.5. The maximum Gasteiger partial charge on any atom is 0.296 e. The Bertz CT molecular complexity index is 708. The highest BCUT2D eigenvalue weighted by Crippen LogP contribution is 2.27. The molecular weight excluding hydrogens is 280 g/mol. The van der Waals surface area contributed by atoms with E-state index in [1.165, 1.54) is 25.7 Å². The average Bonchev–Trinajstić information content (AvgIpc) is 3.21. The van der Waals surface area contributed by atoms with Crippen molar-refractivity contribution in [2.24, 2.45) is 5.92 Å². The van der Waals surface area contributed by atoms with E-state index in [0.717, 1.165) is 38.4 Å². The number of hydrogen-bond acceptors (Lipinski definition) is 4. The molecule has 2 aromatic rings. The van der Waals surface area contributed by atoms with Crippen LogP contribution < -0.4 is 5.56 Å². The molecule has 2 aromatic heterocycles. The summed E-state index contributed by atoms with van der Waals surface area (Å²) < 4.78 is 9.10. The Morgan fingerprint density at radius 3 is 2.64 bits per heavy atom. The van der Waals surface area contributed by atoms with E-state index < -0.39 is 0 Å². The smallest absolute Gasteiger partial charge is 0.296 e. The first kappa shape index (κ1) is 13.9. The van der Waals surface area contributed by atoms with Crippen molar-refractivity contribution in [3.05, 3.63) is 28.6 Å². The molecule has 1 saturated heterocycles. The Balaban J connectivity index is 1.66. The van der Waals surface area contributed by atoms with Gasteiger partial charge in [0.1, 0.15) is 5.82 Å². The lowest BCUT2D eigenvalue weighted by molar-refractivity contribution is 0.0834. The van der Waals surface area contributed by atoms with Crippen molar-refractivity contribution in [3.8, 4) is 0 Å². The standard InChI is InChI=1S/C16H22N4O2/c21-16-15-18-17-14(13-5-9-22-10-6-13)20(15)8-7-19(16)11-12-3-1-2-4-12/h7-8,12-13H,1-6,9-11H2. The van der Waals surface area contributed by atoms with Gasteiger partial charge in [0.25, 0.3) is 5.56 Å². The zero-order valence-electron chi connectivity index (χ0n) is 12.8. The maximum atomic E-state index is 12.6. The van der Waals surface area contributed by atoms with Gasteiger partial charge in [-0.3, -0.25) is 9.20 Å². The van der Waals surface area contributed by atoms with Gasteiger partial charge in [-0.25, -0.2) is 0 Å². The third kappa shape index (κ3) is 2.45. The fraction of sp³-hybridized carbons (Fsp3) is 0.688. The first-order valence-electron chi connectivity index (χ1n) is 8.35. The molecule has 4 rings (SSSR count). The second-order valence-electron chi connectivity index (χ2n) is 6.54. The molecule has 1 aliphatic heterocycles. The van der Waals surface area contributed by atoms with Crippen LogP contribution in [0.5, 0.6) is 0 Å². The van der Waals surface area contributed by atoms with Crippen molar-refractivity contribution in [1.82, 2.24) is 19.2 Å². The van der Waals surface area contributed by atoms with Crippen molar-refractivity contribution in [3.63, 3.8) is 0 Å². The van der Waals surface area contributed by atoms with Crippen LogP contribution in [0.3, 0.4) is 0 Å². The van der Waals surface area contributed by atoms with Gasteiger partial charge >= 0.3 is 0 Å². The summed E-state index contributed by atoms with van der Waals surface area (Å²) in [7, 11) is 0. The van der Waals surface area contributed by atoms with Gasteiger partial charge < -0.3 is 9.30 Å². The average molecular weight is 302 g/mol. The van der Waals surface area contributed by atoms with E-state index in [1.807, 2.05) is 21.4 Å². The van der Waals surface area contributed by atoms with E-state index in [4.69, 9.17) is 4.74 Å². The molecule has 0 N–H and O–H groups in total. The lowest BCUT2D eigenvalue weighted by Gasteiger charge is -2.20. The zero-order chi connectivity index (χ0) is 14.9. The van der Waals surface area contributed by atoms with Gasteiger partial charge in [-0.05, 0) is 31.6 Å². The van der Waals surface area contributed by atoms with Crippen molar-refractivity contribution >= 4 is 5.65 Å². The van der Waals surface area contributed by atoms with Gasteiger partial charge in [0.15, 0.2) is 0 Å². The number of aromatic nitrogens is 4. The van der Waals surface area contributed by atoms with Crippen LogP contribution in [-0.2, 0) is 11.3 Å². The topological polar surface area (TPSA) is 61.4 Å². The molecule has 0 unspecified atom stereocenters. The molecule has 0 aromatic carbocycles. The molecule has 2 fully saturated rings. The molecule has 0 amide bonds. The summed E-state index contributed by atoms with van der Waals surface area (Å²) in [6.45, 7) is 2.34. The van der Waals surface area contributed by atoms with Gasteiger partial charge in [0.2, 0.25) is 5.65 Å². The first-order valence-corrected chi connectivity index (χ1v) is 8.35. The minimum atomic E-state index is -0.0137. The second-order valence-corrected chi connectivity index (χ2v) is 6.54. The summed E-state index contributed by atoms with van der Waals surface area (Å²) in [4.78, 5) is 12.6. The summed E-state index contributed by atoms with van der Waals surface area (Å²) in [5, 5.41) is 8.46. The highest BCUT2D eigenvalue weighted by Gasteiger charge is 2.23. The van der Waals surface area contributed by atoms with Gasteiger partial charge in [-0.2, -0.15) is 0 Å². The quantitative estimate of drug-likeness (QED) is 0.870. The number of fused-ring (bicyclic) bond motifs is 1. The van der Waals surface area contributed by atoms with Gasteiger partial charge in [-0.15, -0.1) is 10.2 Å². The van der Waals surface area contributed by atoms with Gasteiger partial charge in [0, 0.05) is 38.1 Å². The SMILES string of the molecule is O=c1c2nnc(C3CCOCC3)n2ccn1CC1CCCC1. The largest absolute Gasteiger partial charge is 0.381 e. The summed E-state index contributed by atoms with van der Waals surface area (Å²) in [5.74, 6) is 1.88. The maximum absolute atomic E-state index is 12.6. The third-order valence-electron chi connectivity index (χ3n) is 5.09. The highest BCUT2D eigenvalue weighted by molar-refractivity contribution is 5.35. The number of rotatable bonds is 3. The molecule has 6 nitrogen and oxygen atoms in total. The van der Waals surface area contributed by atoms with Crippen molar-refractivity contribution in [1.29, 1.82) is 0 Å². The molecule has 0 spiro atoms. The Labute approximate surface area is 129 Å². The summed E-state index contributed by atoms with van der Waals surface area (Å²) in [6, 6.07) is 0. The zero-order valence-corrected chi connectivity index (χ0v) is 12.8. The molecule has 1 aliphatic carbocycles. The van der Waals surface area contributed by atoms with Crippen LogP contribution in [0.1, 0.15) is 50.3 Å². The van der Waals surface area contributed by atoms with Crippen LogP contribution in [0.25, 0.3) is 5.65 Å². The van der Waals surface area contributed by atoms with Crippen molar-refractivity contribution in [2.45, 2.75) is 51.0 Å². The molecular formula is C16H22N4O2. The van der Waals surface area contributed by atoms with E-state index in [-0.39, 0.29) is 5.56 Å². The van der Waals surface area contributed by atoms with Gasteiger partial charge in [0.05, 0.1) is 0 Å². The Morgan fingerprint density at radius 2 is 1.86 bits per heavy atom. The first-order chi connectivity index (χ1) is 10.8. The molecule has 1 saturated carbocycles. The van der Waals surface area contributed by atoms with E-state index in [0.29, 0.717) is 17.5 Å². The molecule has 2 aliphatic rings. The van der Waals surface area contributed by atoms with Crippen molar-refractivity contribution in [2.75, 3.05) is 13.2 Å². The lowest BCUT2D eigenvalue weighted by atomic mass is 10.00. The minimum Gasteiger partial charge on any atom is -0.381 e. The molecule has 6 heteroatoms. The molecule has 0 bridgehead atoms. The lowest BCUT2D eigenvalue weighted by Crippen LogP contribution is -2.25. The fourth-order valence-corrected chi connectivity index (χ4v) is 3.79. The minimum absolute atomic E-state index is 0.0137.